The molecule has 6 nitrogen and oxygen atoms in total. The lowest BCUT2D eigenvalue weighted by Gasteiger charge is -2.22. The molecule has 1 atom stereocenters. The summed E-state index contributed by atoms with van der Waals surface area (Å²) in [5.74, 6) is 0.377. The number of carbonyl (C=O) groups excluding carboxylic acids is 1. The van der Waals surface area contributed by atoms with E-state index in [1.807, 2.05) is 67.6 Å². The lowest BCUT2D eigenvalue weighted by atomic mass is 10.0. The Balaban J connectivity index is 1.60. The number of nitrogens with zero attached hydrogens (tertiary/aromatic N) is 1. The Morgan fingerprint density at radius 2 is 1.53 bits per heavy atom. The van der Waals surface area contributed by atoms with E-state index in [1.54, 1.807) is 24.3 Å². The largest absolute Gasteiger partial charge is 0.489 e. The molecule has 0 aromatic heterocycles. The fourth-order valence-electron chi connectivity index (χ4n) is 3.20. The minimum atomic E-state index is -3.64. The molecular formula is C25H28N2O4S. The van der Waals surface area contributed by atoms with Crippen LogP contribution in [0.4, 0.5) is 5.69 Å². The third-order valence-electron chi connectivity index (χ3n) is 5.03. The molecule has 0 saturated heterocycles. The fourth-order valence-corrected chi connectivity index (χ4v) is 4.06. The van der Waals surface area contributed by atoms with Crippen LogP contribution in [0.2, 0.25) is 0 Å². The van der Waals surface area contributed by atoms with Crippen LogP contribution in [0.5, 0.6) is 5.75 Å². The first-order valence-corrected chi connectivity index (χ1v) is 12.2. The van der Waals surface area contributed by atoms with Crippen LogP contribution in [0.1, 0.15) is 24.0 Å². The molecular weight excluding hydrogens is 424 g/mol. The van der Waals surface area contributed by atoms with Crippen molar-refractivity contribution in [2.75, 3.05) is 23.7 Å². The number of rotatable bonds is 10. The summed E-state index contributed by atoms with van der Waals surface area (Å²) in [6.07, 6.45) is 1.09. The van der Waals surface area contributed by atoms with Crippen molar-refractivity contribution in [3.8, 4) is 5.75 Å². The minimum Gasteiger partial charge on any atom is -0.489 e. The molecule has 32 heavy (non-hydrogen) atoms. The first-order chi connectivity index (χ1) is 15.3. The van der Waals surface area contributed by atoms with Gasteiger partial charge in [-0.3, -0.25) is 9.10 Å². The fraction of sp³-hybridized carbons (Fsp3) is 0.240. The molecule has 3 aromatic rings. The number of carbonyl (C=O) groups is 1. The second kappa shape index (κ2) is 10.8. The van der Waals surface area contributed by atoms with E-state index in [4.69, 9.17) is 4.74 Å². The molecule has 0 spiro atoms. The predicted octanol–water partition coefficient (Wildman–Crippen LogP) is 3.95. The van der Waals surface area contributed by atoms with Crippen molar-refractivity contribution in [1.29, 1.82) is 0 Å². The summed E-state index contributed by atoms with van der Waals surface area (Å²) in [6, 6.07) is 26.3. The van der Waals surface area contributed by atoms with Gasteiger partial charge in [0.1, 0.15) is 18.9 Å². The molecule has 1 N–H and O–H groups in total. The van der Waals surface area contributed by atoms with E-state index < -0.39 is 10.0 Å². The van der Waals surface area contributed by atoms with Gasteiger partial charge in [0, 0.05) is 6.54 Å². The van der Waals surface area contributed by atoms with Crippen molar-refractivity contribution in [1.82, 2.24) is 5.32 Å². The standard InChI is InChI=1S/C25H28N2O4S/c1-20(22-11-7-4-8-12-22)17-26-25(28)18-27(32(2,29)30)23-13-15-24(16-14-23)31-19-21-9-5-3-6-10-21/h3-16,20H,17-19H2,1-2H3,(H,26,28). The summed E-state index contributed by atoms with van der Waals surface area (Å²) in [4.78, 5) is 12.5. The Labute approximate surface area is 189 Å². The highest BCUT2D eigenvalue weighted by atomic mass is 32.2. The van der Waals surface area contributed by atoms with Gasteiger partial charge in [0.05, 0.1) is 11.9 Å². The van der Waals surface area contributed by atoms with Gasteiger partial charge >= 0.3 is 0 Å². The van der Waals surface area contributed by atoms with Crippen LogP contribution in [0.3, 0.4) is 0 Å². The molecule has 1 amide bonds. The number of hydrogen-bond acceptors (Lipinski definition) is 4. The zero-order chi connectivity index (χ0) is 23.0. The van der Waals surface area contributed by atoms with Crippen LogP contribution in [-0.4, -0.2) is 33.7 Å². The van der Waals surface area contributed by atoms with Gasteiger partial charge in [-0.15, -0.1) is 0 Å². The normalized spacial score (nSPS) is 12.1. The second-order valence-corrected chi connectivity index (χ2v) is 9.56. The Hall–Kier alpha value is -3.32. The number of benzene rings is 3. The second-order valence-electron chi connectivity index (χ2n) is 7.65. The zero-order valence-electron chi connectivity index (χ0n) is 18.3. The molecule has 1 unspecified atom stereocenters. The molecule has 3 aromatic carbocycles. The predicted molar refractivity (Wildman–Crippen MR) is 127 cm³/mol. The van der Waals surface area contributed by atoms with Gasteiger partial charge < -0.3 is 10.1 Å². The van der Waals surface area contributed by atoms with E-state index in [2.05, 4.69) is 5.32 Å². The van der Waals surface area contributed by atoms with E-state index in [9.17, 15) is 13.2 Å². The third kappa shape index (κ3) is 6.85. The smallest absolute Gasteiger partial charge is 0.240 e. The van der Waals surface area contributed by atoms with Crippen molar-refractivity contribution < 1.29 is 17.9 Å². The molecule has 0 bridgehead atoms. The number of anilines is 1. The van der Waals surface area contributed by atoms with E-state index in [1.165, 1.54) is 0 Å². The van der Waals surface area contributed by atoms with Crippen molar-refractivity contribution in [3.63, 3.8) is 0 Å². The maximum Gasteiger partial charge on any atom is 0.240 e. The zero-order valence-corrected chi connectivity index (χ0v) is 19.1. The van der Waals surface area contributed by atoms with Gasteiger partial charge in [-0.1, -0.05) is 67.6 Å². The first-order valence-electron chi connectivity index (χ1n) is 10.4. The monoisotopic (exact) mass is 452 g/mol. The number of amides is 1. The highest BCUT2D eigenvalue weighted by Crippen LogP contribution is 2.22. The maximum atomic E-state index is 12.5. The summed E-state index contributed by atoms with van der Waals surface area (Å²) in [6.45, 7) is 2.56. The molecule has 0 aliphatic carbocycles. The SMILES string of the molecule is CC(CNC(=O)CN(c1ccc(OCc2ccccc2)cc1)S(C)(=O)=O)c1ccccc1. The van der Waals surface area contributed by atoms with Crippen molar-refractivity contribution in [2.24, 2.45) is 0 Å². The van der Waals surface area contributed by atoms with Crippen LogP contribution < -0.4 is 14.4 Å². The Bertz CT molecular complexity index is 1100. The van der Waals surface area contributed by atoms with Crippen LogP contribution in [0.25, 0.3) is 0 Å². The van der Waals surface area contributed by atoms with Crippen molar-refractivity contribution in [2.45, 2.75) is 19.4 Å². The molecule has 7 heteroatoms. The lowest BCUT2D eigenvalue weighted by molar-refractivity contribution is -0.119. The van der Waals surface area contributed by atoms with Crippen molar-refractivity contribution >= 4 is 21.6 Å². The number of ether oxygens (including phenoxy) is 1. The van der Waals surface area contributed by atoms with Gasteiger partial charge in [-0.25, -0.2) is 8.42 Å². The highest BCUT2D eigenvalue weighted by Gasteiger charge is 2.21. The maximum absolute atomic E-state index is 12.5. The molecule has 0 radical (unpaired) electrons. The summed E-state index contributed by atoms with van der Waals surface area (Å²) >= 11 is 0. The molecule has 3 rings (SSSR count). The van der Waals surface area contributed by atoms with E-state index in [-0.39, 0.29) is 18.4 Å². The number of nitrogens with one attached hydrogen (secondary N) is 1. The average Bonchev–Trinajstić information content (AvgIpc) is 2.80. The van der Waals surface area contributed by atoms with Crippen LogP contribution in [-0.2, 0) is 21.4 Å². The first kappa shape index (κ1) is 23.3. The van der Waals surface area contributed by atoms with E-state index in [0.29, 0.717) is 24.6 Å². The molecule has 168 valence electrons. The van der Waals surface area contributed by atoms with Gasteiger partial charge in [0.25, 0.3) is 0 Å². The summed E-state index contributed by atoms with van der Waals surface area (Å²) in [5, 5.41) is 2.83. The molecule has 0 aliphatic rings. The van der Waals surface area contributed by atoms with Gasteiger partial charge in [-0.05, 0) is 41.3 Å². The Morgan fingerprint density at radius 3 is 2.12 bits per heavy atom. The summed E-state index contributed by atoms with van der Waals surface area (Å²) in [7, 11) is -3.64. The van der Waals surface area contributed by atoms with Crippen molar-refractivity contribution in [3.05, 3.63) is 96.1 Å². The van der Waals surface area contributed by atoms with Crippen LogP contribution in [0, 0.1) is 0 Å². The Morgan fingerprint density at radius 1 is 0.938 bits per heavy atom. The average molecular weight is 453 g/mol. The number of sulfonamides is 1. The minimum absolute atomic E-state index is 0.118. The summed E-state index contributed by atoms with van der Waals surface area (Å²) in [5.41, 5.74) is 2.56. The molecule has 0 heterocycles. The van der Waals surface area contributed by atoms with Gasteiger partial charge in [0.2, 0.25) is 15.9 Å². The Kier molecular flexibility index (Phi) is 7.89. The molecule has 0 fully saturated rings. The van der Waals surface area contributed by atoms with Crippen LogP contribution >= 0.6 is 0 Å². The third-order valence-corrected chi connectivity index (χ3v) is 6.18. The van der Waals surface area contributed by atoms with Gasteiger partial charge in [0.15, 0.2) is 0 Å². The van der Waals surface area contributed by atoms with Gasteiger partial charge in [-0.2, -0.15) is 0 Å². The van der Waals surface area contributed by atoms with E-state index in [0.717, 1.165) is 21.7 Å². The topological polar surface area (TPSA) is 75.7 Å². The molecule has 0 aliphatic heterocycles. The number of hydrogen-bond donors (Lipinski definition) is 1. The molecule has 0 saturated carbocycles. The van der Waals surface area contributed by atoms with Crippen LogP contribution in [0.15, 0.2) is 84.9 Å². The quantitative estimate of drug-likeness (QED) is 0.505. The van der Waals surface area contributed by atoms with E-state index >= 15 is 0 Å². The lowest BCUT2D eigenvalue weighted by Crippen LogP contribution is -2.41. The summed E-state index contributed by atoms with van der Waals surface area (Å²) < 4.78 is 31.5. The highest BCUT2D eigenvalue weighted by molar-refractivity contribution is 7.92.